The van der Waals surface area contributed by atoms with Crippen LogP contribution in [-0.4, -0.2) is 47.4 Å². The molecule has 0 spiro atoms. The van der Waals surface area contributed by atoms with Crippen molar-refractivity contribution in [3.8, 4) is 0 Å². The minimum Gasteiger partial charge on any atom is -0.378 e. The van der Waals surface area contributed by atoms with E-state index in [0.717, 1.165) is 24.3 Å². The summed E-state index contributed by atoms with van der Waals surface area (Å²) >= 11 is 1.46. The van der Waals surface area contributed by atoms with E-state index in [9.17, 15) is 0 Å². The number of nitrogens with two attached hydrogens (primary N) is 1. The summed E-state index contributed by atoms with van der Waals surface area (Å²) in [6.45, 7) is 1.07. The lowest BCUT2D eigenvalue weighted by atomic mass is 10.1. The van der Waals surface area contributed by atoms with Gasteiger partial charge in [0.15, 0.2) is 5.17 Å². The lowest BCUT2D eigenvalue weighted by Gasteiger charge is -2.09. The van der Waals surface area contributed by atoms with Crippen molar-refractivity contribution in [2.45, 2.75) is 6.42 Å². The SMILES string of the molecule is CSC(N)=Nc1ccc(CCN(C)C)cc1.Cl.ONOO. The Morgan fingerprint density at radius 1 is 1.38 bits per heavy atom. The van der Waals surface area contributed by atoms with Gasteiger partial charge in [0.1, 0.15) is 0 Å². The molecule has 0 fully saturated rings. The van der Waals surface area contributed by atoms with Crippen molar-refractivity contribution in [1.29, 1.82) is 0 Å². The predicted molar refractivity (Wildman–Crippen MR) is 89.4 cm³/mol. The quantitative estimate of drug-likeness (QED) is 0.281. The van der Waals surface area contributed by atoms with Crippen molar-refractivity contribution >= 4 is 35.0 Å². The largest absolute Gasteiger partial charge is 0.378 e. The minimum absolute atomic E-state index is 0. The van der Waals surface area contributed by atoms with Crippen LogP contribution >= 0.6 is 24.2 Å². The Labute approximate surface area is 135 Å². The molecule has 1 aromatic carbocycles. The summed E-state index contributed by atoms with van der Waals surface area (Å²) < 4.78 is 0. The third-order valence-corrected chi connectivity index (χ3v) is 2.78. The highest BCUT2D eigenvalue weighted by Crippen LogP contribution is 2.14. The van der Waals surface area contributed by atoms with Crippen LogP contribution in [0.4, 0.5) is 5.69 Å². The Kier molecular flexibility index (Phi) is 15.0. The average Bonchev–Trinajstić information content (AvgIpc) is 2.46. The topological polar surface area (TPSA) is 103 Å². The molecule has 5 N–H and O–H groups in total. The van der Waals surface area contributed by atoms with Crippen LogP contribution < -0.4 is 11.4 Å². The molecule has 1 aromatic rings. The fraction of sp³-hybridized carbons (Fsp3) is 0.417. The van der Waals surface area contributed by atoms with Gasteiger partial charge >= 0.3 is 0 Å². The first-order valence-electron chi connectivity index (χ1n) is 5.84. The lowest BCUT2D eigenvalue weighted by Crippen LogP contribution is -2.14. The molecule has 0 unspecified atom stereocenters. The first-order chi connectivity index (χ1) is 9.53. The molecule has 0 aromatic heterocycles. The molecule has 0 heterocycles. The first kappa shape index (κ1) is 22.4. The number of benzene rings is 1. The number of hydrogen-bond acceptors (Lipinski definition) is 7. The van der Waals surface area contributed by atoms with Crippen LogP contribution in [0.3, 0.4) is 0 Å². The Morgan fingerprint density at radius 2 is 1.90 bits per heavy atom. The summed E-state index contributed by atoms with van der Waals surface area (Å²) in [5.74, 6) is 0. The number of aliphatic imine (C=N–C) groups is 1. The number of hydrogen-bond donors (Lipinski definition) is 4. The molecule has 1 rings (SSSR count). The number of nitrogens with zero attached hydrogens (tertiary/aromatic N) is 2. The zero-order valence-electron chi connectivity index (χ0n) is 12.3. The second kappa shape index (κ2) is 14.1. The van der Waals surface area contributed by atoms with Crippen molar-refractivity contribution in [3.63, 3.8) is 0 Å². The van der Waals surface area contributed by atoms with Crippen molar-refractivity contribution in [2.24, 2.45) is 10.7 Å². The molecule has 0 saturated carbocycles. The molecule has 0 atom stereocenters. The van der Waals surface area contributed by atoms with Crippen LogP contribution in [0.5, 0.6) is 0 Å². The van der Waals surface area contributed by atoms with E-state index in [1.807, 2.05) is 18.4 Å². The maximum absolute atomic E-state index is 7.15. The standard InChI is InChI=1S/C12H19N3S.ClH.H3NO3/c1-15(2)9-8-10-4-6-11(7-5-10)14-12(13)16-3;;2-1-4-3/h4-7H,8-9H2,1-3H3,(H2,13,14);1H;1-3H. The molecule has 0 aliphatic heterocycles. The van der Waals surface area contributed by atoms with E-state index in [1.54, 1.807) is 0 Å². The van der Waals surface area contributed by atoms with Crippen LogP contribution in [0.25, 0.3) is 0 Å². The molecule has 122 valence electrons. The van der Waals surface area contributed by atoms with Crippen LogP contribution in [0.15, 0.2) is 29.3 Å². The number of amidine groups is 1. The molecule has 9 heteroatoms. The van der Waals surface area contributed by atoms with Crippen molar-refractivity contribution in [2.75, 3.05) is 26.9 Å². The number of thioether (sulfide) groups is 1. The zero-order valence-corrected chi connectivity index (χ0v) is 13.9. The molecular formula is C12H23ClN4O3S. The normalized spacial score (nSPS) is 10.7. The van der Waals surface area contributed by atoms with Gasteiger partial charge in [0.05, 0.1) is 5.69 Å². The van der Waals surface area contributed by atoms with Gasteiger partial charge in [0.2, 0.25) is 0 Å². The van der Waals surface area contributed by atoms with Crippen molar-refractivity contribution < 1.29 is 15.5 Å². The Hall–Kier alpha value is -0.870. The van der Waals surface area contributed by atoms with Crippen LogP contribution in [-0.2, 0) is 11.4 Å². The fourth-order valence-corrected chi connectivity index (χ4v) is 1.46. The van der Waals surface area contributed by atoms with E-state index in [4.69, 9.17) is 16.2 Å². The van der Waals surface area contributed by atoms with E-state index in [1.165, 1.54) is 17.3 Å². The maximum atomic E-state index is 7.15. The molecular weight excluding hydrogens is 316 g/mol. The van der Waals surface area contributed by atoms with Crippen LogP contribution in [0.2, 0.25) is 0 Å². The van der Waals surface area contributed by atoms with E-state index in [-0.39, 0.29) is 12.4 Å². The summed E-state index contributed by atoms with van der Waals surface area (Å²) in [7, 11) is 4.16. The zero-order chi connectivity index (χ0) is 15.4. The molecule has 0 aliphatic carbocycles. The smallest absolute Gasteiger partial charge is 0.158 e. The number of rotatable bonds is 5. The number of likely N-dealkylation sites (N-methyl/N-ethyl adjacent to an activating group) is 1. The molecule has 21 heavy (non-hydrogen) atoms. The minimum atomic E-state index is 0. The van der Waals surface area contributed by atoms with Gasteiger partial charge in [-0.15, -0.1) is 17.4 Å². The number of nitrogens with one attached hydrogen (secondary N) is 1. The molecule has 7 nitrogen and oxygen atoms in total. The highest BCUT2D eigenvalue weighted by Gasteiger charge is 1.96. The molecule has 0 amide bonds. The van der Waals surface area contributed by atoms with Gasteiger partial charge in [0, 0.05) is 6.54 Å². The van der Waals surface area contributed by atoms with Gasteiger partial charge in [-0.05, 0) is 50.1 Å². The second-order valence-electron chi connectivity index (χ2n) is 4.06. The van der Waals surface area contributed by atoms with Gasteiger partial charge in [-0.25, -0.2) is 10.2 Å². The van der Waals surface area contributed by atoms with E-state index < -0.39 is 0 Å². The average molecular weight is 339 g/mol. The van der Waals surface area contributed by atoms with E-state index in [0.29, 0.717) is 5.17 Å². The second-order valence-corrected chi connectivity index (χ2v) is 4.88. The maximum Gasteiger partial charge on any atom is 0.158 e. The number of halogens is 1. The van der Waals surface area contributed by atoms with Crippen molar-refractivity contribution in [1.82, 2.24) is 10.5 Å². The molecule has 0 bridgehead atoms. The summed E-state index contributed by atoms with van der Waals surface area (Å²) in [5, 5.41) is 14.8. The summed E-state index contributed by atoms with van der Waals surface area (Å²) in [6, 6.07) is 8.23. The first-order valence-corrected chi connectivity index (χ1v) is 7.07. The van der Waals surface area contributed by atoms with Gasteiger partial charge in [-0.1, -0.05) is 23.9 Å². The fourth-order valence-electron chi connectivity index (χ4n) is 1.26. The molecule has 0 aliphatic rings. The highest BCUT2D eigenvalue weighted by molar-refractivity contribution is 8.13. The van der Waals surface area contributed by atoms with Crippen molar-refractivity contribution in [3.05, 3.63) is 29.8 Å². The Bertz CT molecular complexity index is 389. The van der Waals surface area contributed by atoms with Gasteiger partial charge in [0.25, 0.3) is 0 Å². The summed E-state index contributed by atoms with van der Waals surface area (Å²) in [5.41, 5.74) is 8.88. The van der Waals surface area contributed by atoms with E-state index in [2.05, 4.69) is 41.1 Å². The monoisotopic (exact) mass is 338 g/mol. The molecule has 0 saturated heterocycles. The van der Waals surface area contributed by atoms with Gasteiger partial charge in [-0.3, -0.25) is 5.21 Å². The Morgan fingerprint density at radius 3 is 2.29 bits per heavy atom. The molecule has 0 radical (unpaired) electrons. The predicted octanol–water partition coefficient (Wildman–Crippen LogP) is 1.89. The van der Waals surface area contributed by atoms with E-state index >= 15 is 0 Å². The Balaban J connectivity index is 0. The third-order valence-electron chi connectivity index (χ3n) is 2.27. The van der Waals surface area contributed by atoms with Crippen LogP contribution in [0, 0.1) is 0 Å². The summed E-state index contributed by atoms with van der Waals surface area (Å²) in [4.78, 5) is 9.29. The van der Waals surface area contributed by atoms with Crippen LogP contribution in [0.1, 0.15) is 5.56 Å². The summed E-state index contributed by atoms with van der Waals surface area (Å²) in [6.07, 6.45) is 2.99. The van der Waals surface area contributed by atoms with Gasteiger partial charge in [-0.2, -0.15) is 0 Å². The third kappa shape index (κ3) is 12.6. The lowest BCUT2D eigenvalue weighted by molar-refractivity contribution is -0.356. The highest BCUT2D eigenvalue weighted by atomic mass is 35.5. The van der Waals surface area contributed by atoms with Gasteiger partial charge < -0.3 is 10.6 Å².